The summed E-state index contributed by atoms with van der Waals surface area (Å²) >= 11 is 0. The number of methoxy groups -OCH3 is 1. The molecule has 0 aliphatic heterocycles. The van der Waals surface area contributed by atoms with Crippen LogP contribution in [0.15, 0.2) is 30.3 Å². The van der Waals surface area contributed by atoms with E-state index in [1.54, 1.807) is 0 Å². The first-order chi connectivity index (χ1) is 9.52. The summed E-state index contributed by atoms with van der Waals surface area (Å²) in [5.74, 6) is -0.190. The molecule has 1 aromatic rings. The van der Waals surface area contributed by atoms with E-state index < -0.39 is 6.04 Å². The zero-order chi connectivity index (χ0) is 15.0. The number of carbonyl (C=O) groups is 2. The van der Waals surface area contributed by atoms with Gasteiger partial charge in [-0.1, -0.05) is 44.2 Å². The first kappa shape index (κ1) is 16.2. The maximum absolute atomic E-state index is 11.9. The summed E-state index contributed by atoms with van der Waals surface area (Å²) in [6, 6.07) is 9.26. The van der Waals surface area contributed by atoms with E-state index in [-0.39, 0.29) is 11.9 Å². The van der Waals surface area contributed by atoms with Gasteiger partial charge in [-0.15, -0.1) is 0 Å². The molecule has 0 bridgehead atoms. The summed E-state index contributed by atoms with van der Waals surface area (Å²) in [6.07, 6.45) is 1.63. The highest BCUT2D eigenvalue weighted by molar-refractivity contribution is 5.84. The second-order valence-electron chi connectivity index (χ2n) is 5.26. The number of hydrogen-bond donors (Lipinski definition) is 1. The summed E-state index contributed by atoms with van der Waals surface area (Å²) < 4.78 is 4.72. The van der Waals surface area contributed by atoms with Gasteiger partial charge in [-0.25, -0.2) is 4.79 Å². The van der Waals surface area contributed by atoms with E-state index >= 15 is 0 Å². The Morgan fingerprint density at radius 2 is 1.85 bits per heavy atom. The van der Waals surface area contributed by atoms with Gasteiger partial charge in [-0.05, 0) is 24.3 Å². The Hall–Kier alpha value is -1.84. The predicted octanol–water partition coefficient (Wildman–Crippen LogP) is 2.32. The number of rotatable bonds is 7. The van der Waals surface area contributed by atoms with Crippen molar-refractivity contribution in [1.82, 2.24) is 5.32 Å². The Balaban J connectivity index is 2.47. The monoisotopic (exact) mass is 277 g/mol. The van der Waals surface area contributed by atoms with Crippen molar-refractivity contribution in [2.45, 2.75) is 39.2 Å². The fourth-order valence-electron chi connectivity index (χ4n) is 2.00. The predicted molar refractivity (Wildman–Crippen MR) is 78.2 cm³/mol. The lowest BCUT2D eigenvalue weighted by atomic mass is 10.0. The topological polar surface area (TPSA) is 55.4 Å². The molecule has 0 radical (unpaired) electrons. The van der Waals surface area contributed by atoms with E-state index in [0.29, 0.717) is 25.2 Å². The molecule has 0 heterocycles. The van der Waals surface area contributed by atoms with Gasteiger partial charge in [-0.2, -0.15) is 0 Å². The van der Waals surface area contributed by atoms with Gasteiger partial charge in [0.1, 0.15) is 6.04 Å². The molecule has 1 unspecified atom stereocenters. The number of aryl methyl sites for hydroxylation is 1. The Bertz CT molecular complexity index is 429. The van der Waals surface area contributed by atoms with E-state index in [1.807, 2.05) is 44.2 Å². The van der Waals surface area contributed by atoms with Crippen LogP contribution in [0.5, 0.6) is 0 Å². The highest BCUT2D eigenvalue weighted by atomic mass is 16.5. The molecule has 1 rings (SSSR count). The van der Waals surface area contributed by atoms with Gasteiger partial charge in [0.05, 0.1) is 7.11 Å². The van der Waals surface area contributed by atoms with Crippen molar-refractivity contribution >= 4 is 11.9 Å². The third kappa shape index (κ3) is 5.87. The molecule has 0 aliphatic carbocycles. The van der Waals surface area contributed by atoms with E-state index in [4.69, 9.17) is 4.74 Å². The molecular weight excluding hydrogens is 254 g/mol. The molecule has 1 aromatic carbocycles. The van der Waals surface area contributed by atoms with Crippen molar-refractivity contribution in [2.75, 3.05) is 7.11 Å². The molecule has 110 valence electrons. The molecule has 0 saturated heterocycles. The van der Waals surface area contributed by atoms with Crippen LogP contribution in [0.25, 0.3) is 0 Å². The van der Waals surface area contributed by atoms with Gasteiger partial charge < -0.3 is 10.1 Å². The third-order valence-electron chi connectivity index (χ3n) is 3.01. The standard InChI is InChI=1S/C16H23NO3/c1-12(2)11-14(16(19)20-3)17-15(18)10-9-13-7-5-4-6-8-13/h4-8,12,14H,9-11H2,1-3H3,(H,17,18). The maximum Gasteiger partial charge on any atom is 0.328 e. The summed E-state index contributed by atoms with van der Waals surface area (Å²) in [4.78, 5) is 23.5. The van der Waals surface area contributed by atoms with Crippen LogP contribution in [-0.2, 0) is 20.7 Å². The van der Waals surface area contributed by atoms with Crippen LogP contribution in [0.2, 0.25) is 0 Å². The largest absolute Gasteiger partial charge is 0.467 e. The fourth-order valence-corrected chi connectivity index (χ4v) is 2.00. The number of benzene rings is 1. The molecular formula is C16H23NO3. The van der Waals surface area contributed by atoms with Crippen LogP contribution < -0.4 is 5.32 Å². The van der Waals surface area contributed by atoms with Crippen LogP contribution in [0.4, 0.5) is 0 Å². The average molecular weight is 277 g/mol. The Morgan fingerprint density at radius 3 is 2.40 bits per heavy atom. The molecule has 4 nitrogen and oxygen atoms in total. The summed E-state index contributed by atoms with van der Waals surface area (Å²) in [5.41, 5.74) is 1.11. The second-order valence-corrected chi connectivity index (χ2v) is 5.26. The van der Waals surface area contributed by atoms with Crippen molar-refractivity contribution in [1.29, 1.82) is 0 Å². The molecule has 0 aliphatic rings. The molecule has 0 saturated carbocycles. The molecule has 20 heavy (non-hydrogen) atoms. The van der Waals surface area contributed by atoms with Crippen LogP contribution in [0.3, 0.4) is 0 Å². The minimum Gasteiger partial charge on any atom is -0.467 e. The lowest BCUT2D eigenvalue weighted by Gasteiger charge is -2.18. The summed E-state index contributed by atoms with van der Waals surface area (Å²) in [7, 11) is 1.34. The maximum atomic E-state index is 11.9. The second kappa shape index (κ2) is 8.35. The normalized spacial score (nSPS) is 12.0. The molecule has 0 aromatic heterocycles. The number of hydrogen-bond acceptors (Lipinski definition) is 3. The quantitative estimate of drug-likeness (QED) is 0.778. The van der Waals surface area contributed by atoms with Crippen LogP contribution >= 0.6 is 0 Å². The molecule has 0 fully saturated rings. The zero-order valence-corrected chi connectivity index (χ0v) is 12.4. The van der Waals surface area contributed by atoms with Crippen molar-refractivity contribution in [3.8, 4) is 0 Å². The molecule has 0 spiro atoms. The number of nitrogens with one attached hydrogen (secondary N) is 1. The molecule has 1 amide bonds. The lowest BCUT2D eigenvalue weighted by Crippen LogP contribution is -2.42. The summed E-state index contributed by atoms with van der Waals surface area (Å²) in [5, 5.41) is 2.76. The number of carbonyl (C=O) groups excluding carboxylic acids is 2. The highest BCUT2D eigenvalue weighted by Crippen LogP contribution is 2.07. The zero-order valence-electron chi connectivity index (χ0n) is 12.4. The van der Waals surface area contributed by atoms with Crippen LogP contribution in [0, 0.1) is 5.92 Å². The SMILES string of the molecule is COC(=O)C(CC(C)C)NC(=O)CCc1ccccc1. The van der Waals surface area contributed by atoms with E-state index in [1.165, 1.54) is 7.11 Å². The fraction of sp³-hybridized carbons (Fsp3) is 0.500. The van der Waals surface area contributed by atoms with Gasteiger partial charge in [0.15, 0.2) is 0 Å². The van der Waals surface area contributed by atoms with Gasteiger partial charge in [-0.3, -0.25) is 4.79 Å². The lowest BCUT2D eigenvalue weighted by molar-refractivity contribution is -0.145. The van der Waals surface area contributed by atoms with Crippen molar-refractivity contribution in [2.24, 2.45) is 5.92 Å². The Morgan fingerprint density at radius 1 is 1.20 bits per heavy atom. The highest BCUT2D eigenvalue weighted by Gasteiger charge is 2.22. The first-order valence-electron chi connectivity index (χ1n) is 6.94. The van der Waals surface area contributed by atoms with Gasteiger partial charge in [0, 0.05) is 6.42 Å². The van der Waals surface area contributed by atoms with Crippen molar-refractivity contribution in [3.05, 3.63) is 35.9 Å². The van der Waals surface area contributed by atoms with Crippen LogP contribution in [0.1, 0.15) is 32.3 Å². The molecule has 1 atom stereocenters. The molecule has 4 heteroatoms. The Kier molecular flexibility index (Phi) is 6.77. The number of esters is 1. The number of amides is 1. The van der Waals surface area contributed by atoms with E-state index in [2.05, 4.69) is 5.32 Å². The van der Waals surface area contributed by atoms with Crippen molar-refractivity contribution in [3.63, 3.8) is 0 Å². The van der Waals surface area contributed by atoms with Gasteiger partial charge in [0.25, 0.3) is 0 Å². The molecule has 1 N–H and O–H groups in total. The van der Waals surface area contributed by atoms with Crippen LogP contribution in [-0.4, -0.2) is 25.0 Å². The smallest absolute Gasteiger partial charge is 0.328 e. The minimum absolute atomic E-state index is 0.120. The average Bonchev–Trinajstić information content (AvgIpc) is 2.44. The van der Waals surface area contributed by atoms with Gasteiger partial charge in [0.2, 0.25) is 5.91 Å². The van der Waals surface area contributed by atoms with Gasteiger partial charge >= 0.3 is 5.97 Å². The first-order valence-corrected chi connectivity index (χ1v) is 6.94. The third-order valence-corrected chi connectivity index (χ3v) is 3.01. The number of ether oxygens (including phenoxy) is 1. The summed E-state index contributed by atoms with van der Waals surface area (Å²) in [6.45, 7) is 4.01. The van der Waals surface area contributed by atoms with E-state index in [0.717, 1.165) is 5.56 Å². The van der Waals surface area contributed by atoms with E-state index in [9.17, 15) is 9.59 Å². The Labute approximate surface area is 120 Å². The van der Waals surface area contributed by atoms with Crippen molar-refractivity contribution < 1.29 is 14.3 Å². The minimum atomic E-state index is -0.553.